The van der Waals surface area contributed by atoms with Crippen molar-refractivity contribution in [3.8, 4) is 5.75 Å². The summed E-state index contributed by atoms with van der Waals surface area (Å²) in [5.41, 5.74) is 6.18. The number of ether oxygens (including phenoxy) is 1. The van der Waals surface area contributed by atoms with E-state index in [0.29, 0.717) is 23.9 Å². The molecule has 1 rings (SSSR count). The van der Waals surface area contributed by atoms with Gasteiger partial charge < -0.3 is 21.1 Å². The molecule has 0 heterocycles. The highest BCUT2D eigenvalue weighted by Crippen LogP contribution is 2.19. The third kappa shape index (κ3) is 7.20. The first-order chi connectivity index (χ1) is 9.99. The van der Waals surface area contributed by atoms with Crippen LogP contribution in [0.5, 0.6) is 5.75 Å². The maximum atomic E-state index is 11.6. The van der Waals surface area contributed by atoms with E-state index in [1.54, 1.807) is 24.3 Å². The highest BCUT2D eigenvalue weighted by molar-refractivity contribution is 5.79. The van der Waals surface area contributed by atoms with Crippen molar-refractivity contribution in [1.29, 1.82) is 0 Å². The summed E-state index contributed by atoms with van der Waals surface area (Å²) in [7, 11) is 0. The maximum absolute atomic E-state index is 11.6. The number of carbonyl (C=O) groups is 2. The third-order valence-electron chi connectivity index (χ3n) is 2.66. The van der Waals surface area contributed by atoms with Gasteiger partial charge in [0.2, 0.25) is 5.91 Å². The minimum atomic E-state index is -0.282. The largest absolute Gasteiger partial charge is 0.482 e. The fourth-order valence-corrected chi connectivity index (χ4v) is 1.53. The molecule has 6 heteroatoms. The van der Waals surface area contributed by atoms with Crippen molar-refractivity contribution in [2.24, 2.45) is 5.92 Å². The molecule has 0 bridgehead atoms. The van der Waals surface area contributed by atoms with Gasteiger partial charge in [0.25, 0.3) is 5.91 Å². The lowest BCUT2D eigenvalue weighted by Gasteiger charge is -2.10. The monoisotopic (exact) mass is 293 g/mol. The van der Waals surface area contributed by atoms with E-state index in [9.17, 15) is 9.59 Å². The number of hydrogen-bond donors (Lipinski definition) is 3. The van der Waals surface area contributed by atoms with E-state index >= 15 is 0 Å². The van der Waals surface area contributed by atoms with Crippen LogP contribution in [0.25, 0.3) is 0 Å². The highest BCUT2D eigenvalue weighted by Gasteiger charge is 2.06. The molecule has 0 aromatic heterocycles. The van der Waals surface area contributed by atoms with E-state index in [4.69, 9.17) is 10.5 Å². The zero-order valence-electron chi connectivity index (χ0n) is 12.5. The first-order valence-corrected chi connectivity index (χ1v) is 6.99. The Morgan fingerprint density at radius 1 is 1.19 bits per heavy atom. The lowest BCUT2D eigenvalue weighted by atomic mass is 10.2. The van der Waals surface area contributed by atoms with Crippen LogP contribution < -0.4 is 21.1 Å². The van der Waals surface area contributed by atoms with E-state index in [1.807, 2.05) is 13.8 Å². The van der Waals surface area contributed by atoms with Gasteiger partial charge in [0.15, 0.2) is 6.61 Å². The van der Waals surface area contributed by atoms with Gasteiger partial charge in [-0.2, -0.15) is 0 Å². The van der Waals surface area contributed by atoms with Gasteiger partial charge in [0, 0.05) is 19.5 Å². The van der Waals surface area contributed by atoms with Crippen LogP contribution in [0.3, 0.4) is 0 Å². The predicted molar refractivity (Wildman–Crippen MR) is 81.8 cm³/mol. The molecular formula is C15H23N3O3. The van der Waals surface area contributed by atoms with Gasteiger partial charge in [-0.25, -0.2) is 0 Å². The van der Waals surface area contributed by atoms with Crippen LogP contribution in [0, 0.1) is 5.92 Å². The molecule has 6 nitrogen and oxygen atoms in total. The number of nitrogens with one attached hydrogen (secondary N) is 2. The van der Waals surface area contributed by atoms with Crippen molar-refractivity contribution in [3.63, 3.8) is 0 Å². The summed E-state index contributed by atoms with van der Waals surface area (Å²) >= 11 is 0. The Balaban J connectivity index is 2.17. The quantitative estimate of drug-likeness (QED) is 0.621. The molecule has 0 aliphatic carbocycles. The molecule has 0 atom stereocenters. The lowest BCUT2D eigenvalue weighted by molar-refractivity contribution is -0.123. The summed E-state index contributed by atoms with van der Waals surface area (Å²) in [5, 5.41) is 5.41. The van der Waals surface area contributed by atoms with Gasteiger partial charge in [-0.15, -0.1) is 0 Å². The predicted octanol–water partition coefficient (Wildman–Crippen LogP) is 0.926. The zero-order valence-corrected chi connectivity index (χ0v) is 12.5. The molecule has 116 valence electrons. The molecule has 0 aliphatic rings. The summed E-state index contributed by atoms with van der Waals surface area (Å²) < 4.78 is 5.30. The van der Waals surface area contributed by atoms with Crippen LogP contribution in [0.2, 0.25) is 0 Å². The Morgan fingerprint density at radius 2 is 1.90 bits per heavy atom. The second kappa shape index (κ2) is 8.84. The molecule has 0 aliphatic heterocycles. The molecule has 0 saturated heterocycles. The molecule has 0 spiro atoms. The van der Waals surface area contributed by atoms with Crippen LogP contribution >= 0.6 is 0 Å². The van der Waals surface area contributed by atoms with Crippen molar-refractivity contribution in [3.05, 3.63) is 24.3 Å². The molecule has 21 heavy (non-hydrogen) atoms. The average Bonchev–Trinajstić information content (AvgIpc) is 2.44. The van der Waals surface area contributed by atoms with E-state index < -0.39 is 0 Å². The maximum Gasteiger partial charge on any atom is 0.257 e. The van der Waals surface area contributed by atoms with Crippen LogP contribution in [0.15, 0.2) is 24.3 Å². The number of nitrogens with two attached hydrogens (primary N) is 1. The van der Waals surface area contributed by atoms with E-state index in [0.717, 1.165) is 0 Å². The molecular weight excluding hydrogens is 270 g/mol. The van der Waals surface area contributed by atoms with E-state index in [1.165, 1.54) is 0 Å². The van der Waals surface area contributed by atoms with Gasteiger partial charge >= 0.3 is 0 Å². The van der Waals surface area contributed by atoms with Crippen LogP contribution in [0.4, 0.5) is 5.69 Å². The molecule has 1 aromatic rings. The second-order valence-corrected chi connectivity index (χ2v) is 5.12. The Morgan fingerprint density at radius 3 is 2.57 bits per heavy atom. The molecule has 0 fully saturated rings. The van der Waals surface area contributed by atoms with Gasteiger partial charge in [0.1, 0.15) is 5.75 Å². The zero-order chi connectivity index (χ0) is 15.7. The molecule has 4 N–H and O–H groups in total. The first kappa shape index (κ1) is 16.8. The third-order valence-corrected chi connectivity index (χ3v) is 2.66. The number of carbonyl (C=O) groups excluding carboxylic acids is 2. The fraction of sp³-hybridized carbons (Fsp3) is 0.467. The van der Waals surface area contributed by atoms with Gasteiger partial charge in [-0.1, -0.05) is 26.0 Å². The topological polar surface area (TPSA) is 93.5 Å². The fourth-order valence-electron chi connectivity index (χ4n) is 1.53. The Labute approximate surface area is 125 Å². The van der Waals surface area contributed by atoms with Crippen molar-refractivity contribution in [1.82, 2.24) is 10.6 Å². The van der Waals surface area contributed by atoms with Crippen LogP contribution in [-0.2, 0) is 9.59 Å². The number of rotatable bonds is 8. The van der Waals surface area contributed by atoms with E-state index in [-0.39, 0.29) is 31.4 Å². The summed E-state index contributed by atoms with van der Waals surface area (Å²) in [6.45, 7) is 4.85. The molecule has 0 saturated carbocycles. The summed E-state index contributed by atoms with van der Waals surface area (Å²) in [5.74, 6) is 0.530. The Bertz CT molecular complexity index is 475. The molecule has 0 unspecified atom stereocenters. The number of para-hydroxylation sites is 2. The summed E-state index contributed by atoms with van der Waals surface area (Å²) in [6, 6.07) is 6.97. The Hall–Kier alpha value is -2.24. The van der Waals surface area contributed by atoms with Crippen molar-refractivity contribution in [2.45, 2.75) is 20.3 Å². The summed E-state index contributed by atoms with van der Waals surface area (Å²) in [4.78, 5) is 23.0. The number of anilines is 1. The molecule has 1 aromatic carbocycles. The standard InChI is InChI=1S/C15H23N3O3/c1-11(2)9-18-14(19)7-8-17-15(20)10-21-13-6-4-3-5-12(13)16/h3-6,11H,7-10,16H2,1-2H3,(H,17,20)(H,18,19). The van der Waals surface area contributed by atoms with Gasteiger partial charge in [-0.05, 0) is 18.1 Å². The van der Waals surface area contributed by atoms with Crippen LogP contribution in [0.1, 0.15) is 20.3 Å². The van der Waals surface area contributed by atoms with Crippen LogP contribution in [-0.4, -0.2) is 31.5 Å². The van der Waals surface area contributed by atoms with E-state index in [2.05, 4.69) is 10.6 Å². The smallest absolute Gasteiger partial charge is 0.257 e. The first-order valence-electron chi connectivity index (χ1n) is 6.99. The summed E-state index contributed by atoms with van der Waals surface area (Å²) in [6.07, 6.45) is 0.256. The SMILES string of the molecule is CC(C)CNC(=O)CCNC(=O)COc1ccccc1N. The number of amides is 2. The minimum absolute atomic E-state index is 0.0720. The normalized spacial score (nSPS) is 10.2. The molecule has 2 amide bonds. The number of hydrogen-bond acceptors (Lipinski definition) is 4. The van der Waals surface area contributed by atoms with Crippen molar-refractivity contribution < 1.29 is 14.3 Å². The highest BCUT2D eigenvalue weighted by atomic mass is 16.5. The van der Waals surface area contributed by atoms with Crippen molar-refractivity contribution in [2.75, 3.05) is 25.4 Å². The van der Waals surface area contributed by atoms with Gasteiger partial charge in [-0.3, -0.25) is 9.59 Å². The van der Waals surface area contributed by atoms with Crippen molar-refractivity contribution >= 4 is 17.5 Å². The number of benzene rings is 1. The second-order valence-electron chi connectivity index (χ2n) is 5.12. The lowest BCUT2D eigenvalue weighted by Crippen LogP contribution is -2.34. The Kier molecular flexibility index (Phi) is 7.08. The van der Waals surface area contributed by atoms with Gasteiger partial charge in [0.05, 0.1) is 5.69 Å². The molecule has 0 radical (unpaired) electrons. The number of nitrogen functional groups attached to an aromatic ring is 1. The minimum Gasteiger partial charge on any atom is -0.482 e. The average molecular weight is 293 g/mol.